The van der Waals surface area contributed by atoms with Crippen LogP contribution in [0.15, 0.2) is 24.3 Å². The minimum atomic E-state index is -0.420. The molecule has 1 aliphatic rings. The van der Waals surface area contributed by atoms with Crippen molar-refractivity contribution in [1.82, 2.24) is 9.88 Å². The number of nitrogens with one attached hydrogen (secondary N) is 1. The van der Waals surface area contributed by atoms with Crippen LogP contribution in [0.25, 0.3) is 11.3 Å². The van der Waals surface area contributed by atoms with Crippen molar-refractivity contribution < 1.29 is 19.0 Å². The van der Waals surface area contributed by atoms with E-state index in [4.69, 9.17) is 14.2 Å². The van der Waals surface area contributed by atoms with E-state index < -0.39 is 6.09 Å². The lowest BCUT2D eigenvalue weighted by Crippen LogP contribution is -2.34. The minimum absolute atomic E-state index is 0.0649. The topological polar surface area (TPSA) is 61.7 Å². The molecule has 1 atom stereocenters. The zero-order chi connectivity index (χ0) is 22.4. The summed E-state index contributed by atoms with van der Waals surface area (Å²) in [6, 6.07) is 7.80. The number of nitrogens with zero attached hydrogens (tertiary/aromatic N) is 1. The number of aromatic nitrogens is 1. The van der Waals surface area contributed by atoms with E-state index in [0.29, 0.717) is 11.7 Å². The fraction of sp³-hybridized carbons (Fsp3) is 0.560. The molecule has 31 heavy (non-hydrogen) atoms. The van der Waals surface area contributed by atoms with E-state index in [9.17, 15) is 4.79 Å². The second-order valence-corrected chi connectivity index (χ2v) is 8.50. The molecule has 1 amide bonds. The van der Waals surface area contributed by atoms with Gasteiger partial charge in [-0.3, -0.25) is 0 Å². The van der Waals surface area contributed by atoms with Gasteiger partial charge in [0.1, 0.15) is 11.5 Å². The molecule has 6 nitrogen and oxygen atoms in total. The molecule has 170 valence electrons. The zero-order valence-electron chi connectivity index (χ0n) is 19.5. The van der Waals surface area contributed by atoms with Crippen LogP contribution in [0, 0.1) is 12.8 Å². The molecule has 0 unspecified atom stereocenters. The molecule has 0 radical (unpaired) electrons. The Hall–Kier alpha value is -2.63. The summed E-state index contributed by atoms with van der Waals surface area (Å²) >= 11 is 0. The Morgan fingerprint density at radius 2 is 1.87 bits per heavy atom. The number of ether oxygens (including phenoxy) is 3. The van der Waals surface area contributed by atoms with Gasteiger partial charge in [-0.15, -0.1) is 0 Å². The smallest absolute Gasteiger partial charge is 0.412 e. The average Bonchev–Trinajstić information content (AvgIpc) is 3.08. The standard InChI is InChI=1S/C25H36N2O4/c1-6-17(2)26-25(28)31-24-15-22(21-14-20(29-4)12-13-23(21)30-5)27(18(24)3)16-19-10-8-7-9-11-19/h12-15,17,19H,6-11,16H2,1-5H3,(H,26,28)/t17-/m0/s1. The van der Waals surface area contributed by atoms with Crippen molar-refractivity contribution in [3.05, 3.63) is 30.0 Å². The number of carbonyl (C=O) groups is 1. The van der Waals surface area contributed by atoms with Gasteiger partial charge in [0.05, 0.1) is 25.6 Å². The Morgan fingerprint density at radius 3 is 2.52 bits per heavy atom. The van der Waals surface area contributed by atoms with Crippen LogP contribution in [-0.4, -0.2) is 30.9 Å². The van der Waals surface area contributed by atoms with Gasteiger partial charge in [-0.05, 0) is 57.2 Å². The molecular weight excluding hydrogens is 392 g/mol. The van der Waals surface area contributed by atoms with Gasteiger partial charge in [-0.2, -0.15) is 0 Å². The van der Waals surface area contributed by atoms with Crippen molar-refractivity contribution in [2.45, 2.75) is 71.9 Å². The third kappa shape index (κ3) is 5.54. The molecule has 6 heteroatoms. The molecule has 1 N–H and O–H groups in total. The molecule has 0 spiro atoms. The summed E-state index contributed by atoms with van der Waals surface area (Å²) in [4.78, 5) is 12.4. The summed E-state index contributed by atoms with van der Waals surface area (Å²) in [6.45, 7) is 6.92. The van der Waals surface area contributed by atoms with Crippen LogP contribution < -0.4 is 19.5 Å². The molecule has 1 heterocycles. The summed E-state index contributed by atoms with van der Waals surface area (Å²) in [5.74, 6) is 2.73. The van der Waals surface area contributed by atoms with Gasteiger partial charge in [-0.1, -0.05) is 26.2 Å². The molecule has 1 saturated carbocycles. The predicted octanol–water partition coefficient (Wildman–Crippen LogP) is 5.95. The molecule has 1 aliphatic carbocycles. The maximum atomic E-state index is 12.4. The molecule has 0 aliphatic heterocycles. The Morgan fingerprint density at radius 1 is 1.13 bits per heavy atom. The molecular formula is C25H36N2O4. The quantitative estimate of drug-likeness (QED) is 0.564. The highest BCUT2D eigenvalue weighted by molar-refractivity contribution is 5.75. The first-order valence-electron chi connectivity index (χ1n) is 11.4. The Labute approximate surface area is 185 Å². The fourth-order valence-corrected chi connectivity index (χ4v) is 4.26. The van der Waals surface area contributed by atoms with Crippen LogP contribution in [0.5, 0.6) is 17.2 Å². The number of benzene rings is 1. The maximum absolute atomic E-state index is 12.4. The fourth-order valence-electron chi connectivity index (χ4n) is 4.26. The van der Waals surface area contributed by atoms with Gasteiger partial charge in [0.15, 0.2) is 5.75 Å². The van der Waals surface area contributed by atoms with Crippen molar-refractivity contribution in [2.75, 3.05) is 14.2 Å². The zero-order valence-corrected chi connectivity index (χ0v) is 19.5. The Bertz CT molecular complexity index is 884. The van der Waals surface area contributed by atoms with Gasteiger partial charge < -0.3 is 24.1 Å². The van der Waals surface area contributed by atoms with E-state index in [1.807, 2.05) is 45.0 Å². The highest BCUT2D eigenvalue weighted by atomic mass is 16.6. The number of hydrogen-bond donors (Lipinski definition) is 1. The predicted molar refractivity (Wildman–Crippen MR) is 123 cm³/mol. The summed E-state index contributed by atoms with van der Waals surface area (Å²) < 4.78 is 19.1. The van der Waals surface area contributed by atoms with Crippen LogP contribution in [0.4, 0.5) is 4.79 Å². The SMILES string of the molecule is CC[C@H](C)NC(=O)Oc1cc(-c2cc(OC)ccc2OC)n(CC2CCCCC2)c1C. The second kappa shape index (κ2) is 10.6. The Balaban J connectivity index is 2.00. The first kappa shape index (κ1) is 23.0. The van der Waals surface area contributed by atoms with Crippen molar-refractivity contribution in [3.63, 3.8) is 0 Å². The van der Waals surface area contributed by atoms with Crippen LogP contribution in [0.1, 0.15) is 58.1 Å². The lowest BCUT2D eigenvalue weighted by molar-refractivity contribution is 0.196. The van der Waals surface area contributed by atoms with Crippen molar-refractivity contribution >= 4 is 6.09 Å². The average molecular weight is 429 g/mol. The summed E-state index contributed by atoms with van der Waals surface area (Å²) in [5, 5.41) is 2.88. The molecule has 1 fully saturated rings. The van der Waals surface area contributed by atoms with E-state index >= 15 is 0 Å². The number of rotatable bonds is 8. The lowest BCUT2D eigenvalue weighted by Gasteiger charge is -2.24. The largest absolute Gasteiger partial charge is 0.497 e. The van der Waals surface area contributed by atoms with E-state index in [-0.39, 0.29) is 6.04 Å². The first-order valence-corrected chi connectivity index (χ1v) is 11.4. The van der Waals surface area contributed by atoms with Crippen LogP contribution >= 0.6 is 0 Å². The van der Waals surface area contributed by atoms with Gasteiger partial charge in [0, 0.05) is 24.2 Å². The lowest BCUT2D eigenvalue weighted by atomic mass is 9.89. The number of amides is 1. The van der Waals surface area contributed by atoms with Crippen LogP contribution in [-0.2, 0) is 6.54 Å². The molecule has 0 bridgehead atoms. The third-order valence-corrected chi connectivity index (χ3v) is 6.35. The van der Waals surface area contributed by atoms with Gasteiger partial charge in [0.25, 0.3) is 0 Å². The summed E-state index contributed by atoms with van der Waals surface area (Å²) in [6.07, 6.45) is 6.78. The maximum Gasteiger partial charge on any atom is 0.412 e. The molecule has 2 aromatic rings. The normalized spacial score (nSPS) is 15.4. The van der Waals surface area contributed by atoms with Gasteiger partial charge in [0.2, 0.25) is 0 Å². The molecule has 1 aromatic heterocycles. The van der Waals surface area contributed by atoms with E-state index in [2.05, 4.69) is 9.88 Å². The van der Waals surface area contributed by atoms with Crippen molar-refractivity contribution in [3.8, 4) is 28.5 Å². The molecule has 3 rings (SSSR count). The van der Waals surface area contributed by atoms with E-state index in [1.54, 1.807) is 14.2 Å². The highest BCUT2D eigenvalue weighted by Crippen LogP contribution is 2.39. The Kier molecular flexibility index (Phi) is 7.88. The minimum Gasteiger partial charge on any atom is -0.497 e. The van der Waals surface area contributed by atoms with Crippen LogP contribution in [0.2, 0.25) is 0 Å². The second-order valence-electron chi connectivity index (χ2n) is 8.50. The highest BCUT2D eigenvalue weighted by Gasteiger charge is 2.23. The monoisotopic (exact) mass is 428 g/mol. The van der Waals surface area contributed by atoms with E-state index in [1.165, 1.54) is 32.1 Å². The molecule has 0 saturated heterocycles. The summed E-state index contributed by atoms with van der Waals surface area (Å²) in [7, 11) is 3.33. The van der Waals surface area contributed by atoms with Crippen LogP contribution in [0.3, 0.4) is 0 Å². The third-order valence-electron chi connectivity index (χ3n) is 6.35. The summed E-state index contributed by atoms with van der Waals surface area (Å²) in [5.41, 5.74) is 2.85. The first-order chi connectivity index (χ1) is 15.0. The van der Waals surface area contributed by atoms with E-state index in [0.717, 1.165) is 41.4 Å². The van der Waals surface area contributed by atoms with Gasteiger partial charge in [-0.25, -0.2) is 4.79 Å². The number of carbonyl (C=O) groups excluding carboxylic acids is 1. The number of hydrogen-bond acceptors (Lipinski definition) is 4. The van der Waals surface area contributed by atoms with Gasteiger partial charge >= 0.3 is 6.09 Å². The van der Waals surface area contributed by atoms with Crippen molar-refractivity contribution in [2.24, 2.45) is 5.92 Å². The van der Waals surface area contributed by atoms with Crippen molar-refractivity contribution in [1.29, 1.82) is 0 Å². The number of methoxy groups -OCH3 is 2. The molecule has 1 aromatic carbocycles.